The van der Waals surface area contributed by atoms with Crippen molar-refractivity contribution in [3.63, 3.8) is 0 Å². The predicted molar refractivity (Wildman–Crippen MR) is 132 cm³/mol. The van der Waals surface area contributed by atoms with Crippen molar-refractivity contribution in [3.8, 4) is 0 Å². The van der Waals surface area contributed by atoms with Gasteiger partial charge in [-0.05, 0) is 42.2 Å². The Kier molecular flexibility index (Phi) is 5.95. The third-order valence-corrected chi connectivity index (χ3v) is 6.15. The Bertz CT molecular complexity index is 1400. The minimum atomic E-state index is -0.265. The van der Waals surface area contributed by atoms with E-state index in [1.165, 1.54) is 0 Å². The van der Waals surface area contributed by atoms with Crippen LogP contribution in [0.3, 0.4) is 0 Å². The van der Waals surface area contributed by atoms with E-state index in [2.05, 4.69) is 15.8 Å². The molecular weight excluding hydrogens is 426 g/mol. The van der Waals surface area contributed by atoms with E-state index in [-0.39, 0.29) is 11.8 Å². The molecule has 4 aromatic rings. The number of carbonyl (C=O) groups excluding carboxylic acids is 2. The number of furan rings is 1. The van der Waals surface area contributed by atoms with Gasteiger partial charge in [-0.15, -0.1) is 0 Å². The average molecular weight is 452 g/mol. The number of hydrazone groups is 1. The molecule has 0 saturated carbocycles. The van der Waals surface area contributed by atoms with E-state index in [4.69, 9.17) is 4.42 Å². The first-order valence-electron chi connectivity index (χ1n) is 11.4. The van der Waals surface area contributed by atoms with Crippen molar-refractivity contribution in [1.82, 2.24) is 10.7 Å². The number of amides is 2. The molecule has 0 unspecified atom stereocenters. The van der Waals surface area contributed by atoms with Gasteiger partial charge in [0.2, 0.25) is 0 Å². The van der Waals surface area contributed by atoms with Gasteiger partial charge in [-0.25, -0.2) is 5.43 Å². The summed E-state index contributed by atoms with van der Waals surface area (Å²) in [5.41, 5.74) is 6.62. The Morgan fingerprint density at radius 2 is 1.68 bits per heavy atom. The van der Waals surface area contributed by atoms with Crippen LogP contribution in [-0.2, 0) is 13.0 Å². The molecule has 0 fully saturated rings. The molecule has 1 aromatic heterocycles. The Labute approximate surface area is 197 Å². The highest BCUT2D eigenvalue weighted by molar-refractivity contribution is 6.09. The topological polar surface area (TPSA) is 83.7 Å². The molecule has 1 aliphatic rings. The standard InChI is InChI=1S/C28H25N3O3/c1-18-25-23(30-31-27(32)22-14-7-12-20-11-5-6-13-21(20)22)15-8-16-24(25)34-26(18)28(33)29-17-19-9-3-2-4-10-19/h2-7,9-14H,8,15-17H2,1H3,(H,29,33)(H,31,32)/b30-23+. The summed E-state index contributed by atoms with van der Waals surface area (Å²) in [6, 6.07) is 23.1. The molecule has 0 spiro atoms. The molecule has 1 aliphatic carbocycles. The van der Waals surface area contributed by atoms with Crippen LogP contribution in [0.25, 0.3) is 10.8 Å². The van der Waals surface area contributed by atoms with Crippen molar-refractivity contribution in [2.24, 2.45) is 5.10 Å². The molecule has 1 heterocycles. The zero-order valence-electron chi connectivity index (χ0n) is 18.9. The highest BCUT2D eigenvalue weighted by Gasteiger charge is 2.28. The maximum atomic E-state index is 12.9. The average Bonchev–Trinajstić information content (AvgIpc) is 3.23. The first-order valence-corrected chi connectivity index (χ1v) is 11.4. The van der Waals surface area contributed by atoms with Crippen LogP contribution in [0.2, 0.25) is 0 Å². The van der Waals surface area contributed by atoms with Crippen LogP contribution >= 0.6 is 0 Å². The fraction of sp³-hybridized carbons (Fsp3) is 0.179. The van der Waals surface area contributed by atoms with Crippen molar-refractivity contribution in [3.05, 3.63) is 107 Å². The van der Waals surface area contributed by atoms with Crippen LogP contribution in [0, 0.1) is 6.92 Å². The number of carbonyl (C=O) groups is 2. The van der Waals surface area contributed by atoms with Gasteiger partial charge in [0.25, 0.3) is 11.8 Å². The highest BCUT2D eigenvalue weighted by atomic mass is 16.4. The molecule has 0 bridgehead atoms. The van der Waals surface area contributed by atoms with Crippen LogP contribution in [0.4, 0.5) is 0 Å². The third-order valence-electron chi connectivity index (χ3n) is 6.15. The molecule has 0 aliphatic heterocycles. The summed E-state index contributed by atoms with van der Waals surface area (Å²) in [7, 11) is 0. The van der Waals surface area contributed by atoms with E-state index in [1.807, 2.05) is 73.7 Å². The van der Waals surface area contributed by atoms with Crippen LogP contribution in [0.5, 0.6) is 0 Å². The van der Waals surface area contributed by atoms with Gasteiger partial charge in [0.05, 0.1) is 5.71 Å². The second-order valence-corrected chi connectivity index (χ2v) is 8.40. The smallest absolute Gasteiger partial charge is 0.287 e. The quantitative estimate of drug-likeness (QED) is 0.412. The Morgan fingerprint density at radius 3 is 2.53 bits per heavy atom. The first-order chi connectivity index (χ1) is 16.6. The van der Waals surface area contributed by atoms with Gasteiger partial charge in [0.1, 0.15) is 5.76 Å². The van der Waals surface area contributed by atoms with E-state index in [0.29, 0.717) is 24.3 Å². The van der Waals surface area contributed by atoms with Gasteiger partial charge in [0.15, 0.2) is 5.76 Å². The second-order valence-electron chi connectivity index (χ2n) is 8.40. The van der Waals surface area contributed by atoms with Crippen molar-refractivity contribution in [2.45, 2.75) is 32.7 Å². The molecule has 0 radical (unpaired) electrons. The summed E-state index contributed by atoms with van der Waals surface area (Å²) in [4.78, 5) is 25.8. The fourth-order valence-corrected chi connectivity index (χ4v) is 4.46. The molecule has 0 atom stereocenters. The Morgan fingerprint density at radius 1 is 0.912 bits per heavy atom. The van der Waals surface area contributed by atoms with E-state index in [9.17, 15) is 9.59 Å². The number of aryl methyl sites for hydroxylation is 1. The normalized spacial score (nSPS) is 14.1. The summed E-state index contributed by atoms with van der Waals surface area (Å²) < 4.78 is 5.96. The third kappa shape index (κ3) is 4.22. The number of rotatable bonds is 5. The maximum absolute atomic E-state index is 12.9. The van der Waals surface area contributed by atoms with Gasteiger partial charge in [-0.1, -0.05) is 66.7 Å². The fourth-order valence-electron chi connectivity index (χ4n) is 4.46. The second kappa shape index (κ2) is 9.35. The van der Waals surface area contributed by atoms with E-state index >= 15 is 0 Å². The summed E-state index contributed by atoms with van der Waals surface area (Å²) in [5, 5.41) is 9.26. The zero-order valence-corrected chi connectivity index (χ0v) is 18.9. The summed E-state index contributed by atoms with van der Waals surface area (Å²) in [6.07, 6.45) is 2.28. The molecule has 0 saturated heterocycles. The van der Waals surface area contributed by atoms with Crippen molar-refractivity contribution in [2.75, 3.05) is 0 Å². The monoisotopic (exact) mass is 451 g/mol. The predicted octanol–water partition coefficient (Wildman–Crippen LogP) is 5.14. The molecular formula is C28H25N3O3. The Balaban J connectivity index is 1.36. The van der Waals surface area contributed by atoms with Crippen molar-refractivity contribution in [1.29, 1.82) is 0 Å². The minimum Gasteiger partial charge on any atom is -0.455 e. The summed E-state index contributed by atoms with van der Waals surface area (Å²) >= 11 is 0. The largest absolute Gasteiger partial charge is 0.455 e. The summed E-state index contributed by atoms with van der Waals surface area (Å²) in [6.45, 7) is 2.29. The number of hydrogen-bond acceptors (Lipinski definition) is 4. The lowest BCUT2D eigenvalue weighted by molar-refractivity contribution is 0.0919. The van der Waals surface area contributed by atoms with Crippen LogP contribution < -0.4 is 10.7 Å². The van der Waals surface area contributed by atoms with Crippen LogP contribution in [-0.4, -0.2) is 17.5 Å². The molecule has 170 valence electrons. The molecule has 6 heteroatoms. The molecule has 2 N–H and O–H groups in total. The van der Waals surface area contributed by atoms with Gasteiger partial charge in [-0.3, -0.25) is 9.59 Å². The maximum Gasteiger partial charge on any atom is 0.287 e. The minimum absolute atomic E-state index is 0.255. The number of nitrogens with zero attached hydrogens (tertiary/aromatic N) is 1. The van der Waals surface area contributed by atoms with Crippen molar-refractivity contribution < 1.29 is 14.0 Å². The lowest BCUT2D eigenvalue weighted by Crippen LogP contribution is -2.23. The lowest BCUT2D eigenvalue weighted by Gasteiger charge is -2.13. The zero-order chi connectivity index (χ0) is 23.5. The Hall–Kier alpha value is -4.19. The number of fused-ring (bicyclic) bond motifs is 2. The van der Waals surface area contributed by atoms with Crippen LogP contribution in [0.15, 0.2) is 82.3 Å². The van der Waals surface area contributed by atoms with Gasteiger partial charge in [-0.2, -0.15) is 5.10 Å². The van der Waals surface area contributed by atoms with Gasteiger partial charge >= 0.3 is 0 Å². The van der Waals surface area contributed by atoms with Crippen LogP contribution in [0.1, 0.15) is 56.2 Å². The first kappa shape index (κ1) is 21.6. The number of benzene rings is 3. The van der Waals surface area contributed by atoms with E-state index in [0.717, 1.165) is 51.8 Å². The number of hydrogen-bond donors (Lipinski definition) is 2. The molecule has 6 nitrogen and oxygen atoms in total. The van der Waals surface area contributed by atoms with Gasteiger partial charge < -0.3 is 9.73 Å². The van der Waals surface area contributed by atoms with Crippen molar-refractivity contribution >= 4 is 28.3 Å². The molecule has 5 rings (SSSR count). The van der Waals surface area contributed by atoms with E-state index in [1.54, 1.807) is 6.07 Å². The number of nitrogens with one attached hydrogen (secondary N) is 2. The SMILES string of the molecule is Cc1c(C(=O)NCc2ccccc2)oc2c1/C(=N/NC(=O)c1cccc3ccccc13)CCC2. The molecule has 2 amide bonds. The molecule has 34 heavy (non-hydrogen) atoms. The van der Waals surface area contributed by atoms with Gasteiger partial charge in [0, 0.05) is 29.7 Å². The highest BCUT2D eigenvalue weighted by Crippen LogP contribution is 2.30. The lowest BCUT2D eigenvalue weighted by atomic mass is 9.93. The van der Waals surface area contributed by atoms with E-state index < -0.39 is 0 Å². The summed E-state index contributed by atoms with van der Waals surface area (Å²) in [5.74, 6) is 0.524. The molecule has 3 aromatic carbocycles.